The van der Waals surface area contributed by atoms with E-state index in [0.717, 1.165) is 0 Å². The highest BCUT2D eigenvalue weighted by atomic mass is 19.1. The Labute approximate surface area is 150 Å². The van der Waals surface area contributed by atoms with E-state index in [0.29, 0.717) is 37.3 Å². The molecule has 1 aliphatic heterocycles. The van der Waals surface area contributed by atoms with Gasteiger partial charge in [-0.15, -0.1) is 0 Å². The topological polar surface area (TPSA) is 84.7 Å². The molecular formula is C19H20FN3O3. The van der Waals surface area contributed by atoms with Crippen molar-refractivity contribution in [2.75, 3.05) is 25.0 Å². The first kappa shape index (κ1) is 17.9. The highest BCUT2D eigenvalue weighted by Crippen LogP contribution is 2.21. The molecule has 2 amide bonds. The standard InChI is InChI=1S/C19H20FN3O3/c20-16-3-1-2-4-17(16)26-15-11-23(12-15)10-9-18(24)22-14-7-5-13(6-8-14)19(21)25/h1-8,15H,9-12H2,(H2,21,25)(H,22,24). The molecule has 0 radical (unpaired) electrons. The number of hydrogen-bond donors (Lipinski definition) is 2. The van der Waals surface area contributed by atoms with Crippen LogP contribution in [0.1, 0.15) is 16.8 Å². The van der Waals surface area contributed by atoms with Crippen molar-refractivity contribution in [1.82, 2.24) is 4.90 Å². The van der Waals surface area contributed by atoms with Crippen molar-refractivity contribution in [2.45, 2.75) is 12.5 Å². The number of anilines is 1. The van der Waals surface area contributed by atoms with Gasteiger partial charge in [0.1, 0.15) is 6.10 Å². The van der Waals surface area contributed by atoms with Crippen molar-refractivity contribution in [3.05, 3.63) is 59.9 Å². The van der Waals surface area contributed by atoms with Crippen molar-refractivity contribution in [3.8, 4) is 5.75 Å². The molecule has 0 unspecified atom stereocenters. The molecule has 0 spiro atoms. The Hall–Kier alpha value is -2.93. The number of nitrogens with one attached hydrogen (secondary N) is 1. The summed E-state index contributed by atoms with van der Waals surface area (Å²) in [6.07, 6.45) is 0.278. The molecule has 1 saturated heterocycles. The minimum absolute atomic E-state index is 0.0590. The van der Waals surface area contributed by atoms with Crippen LogP contribution in [0.5, 0.6) is 5.75 Å². The molecule has 0 bridgehead atoms. The number of carbonyl (C=O) groups excluding carboxylic acids is 2. The molecular weight excluding hydrogens is 337 g/mol. The molecule has 1 aliphatic rings. The lowest BCUT2D eigenvalue weighted by molar-refractivity contribution is -0.117. The average molecular weight is 357 g/mol. The third-order valence-electron chi connectivity index (χ3n) is 4.16. The zero-order chi connectivity index (χ0) is 18.5. The molecule has 0 aromatic heterocycles. The molecule has 7 heteroatoms. The highest BCUT2D eigenvalue weighted by molar-refractivity contribution is 5.94. The summed E-state index contributed by atoms with van der Waals surface area (Å²) in [5.74, 6) is -0.731. The van der Waals surface area contributed by atoms with Crippen LogP contribution >= 0.6 is 0 Å². The summed E-state index contributed by atoms with van der Waals surface area (Å²) in [5.41, 5.74) is 6.18. The Kier molecular flexibility index (Phi) is 5.48. The number of carbonyl (C=O) groups is 2. The lowest BCUT2D eigenvalue weighted by atomic mass is 10.1. The number of amides is 2. The van der Waals surface area contributed by atoms with E-state index in [9.17, 15) is 14.0 Å². The van der Waals surface area contributed by atoms with E-state index in [1.807, 2.05) is 0 Å². The first-order valence-corrected chi connectivity index (χ1v) is 8.34. The first-order valence-electron chi connectivity index (χ1n) is 8.34. The van der Waals surface area contributed by atoms with Crippen LogP contribution in [0, 0.1) is 5.82 Å². The molecule has 0 aliphatic carbocycles. The van der Waals surface area contributed by atoms with E-state index in [1.54, 1.807) is 42.5 Å². The van der Waals surface area contributed by atoms with Gasteiger partial charge in [-0.1, -0.05) is 12.1 Å². The Morgan fingerprint density at radius 3 is 2.50 bits per heavy atom. The van der Waals surface area contributed by atoms with Crippen LogP contribution in [0.15, 0.2) is 48.5 Å². The molecule has 6 nitrogen and oxygen atoms in total. The molecule has 3 N–H and O–H groups in total. The molecule has 136 valence electrons. The average Bonchev–Trinajstić information content (AvgIpc) is 2.58. The number of benzene rings is 2. The predicted molar refractivity (Wildman–Crippen MR) is 95.5 cm³/mol. The maximum absolute atomic E-state index is 13.5. The van der Waals surface area contributed by atoms with Crippen molar-refractivity contribution in [2.24, 2.45) is 5.73 Å². The fourth-order valence-corrected chi connectivity index (χ4v) is 2.70. The van der Waals surface area contributed by atoms with Crippen molar-refractivity contribution < 1.29 is 18.7 Å². The Balaban J connectivity index is 1.37. The van der Waals surface area contributed by atoms with Gasteiger partial charge in [0.05, 0.1) is 0 Å². The number of nitrogens with zero attached hydrogens (tertiary/aromatic N) is 1. The van der Waals surface area contributed by atoms with Crippen LogP contribution in [-0.4, -0.2) is 42.5 Å². The van der Waals surface area contributed by atoms with E-state index in [1.165, 1.54) is 6.07 Å². The lowest BCUT2D eigenvalue weighted by Crippen LogP contribution is -2.54. The predicted octanol–water partition coefficient (Wildman–Crippen LogP) is 2.02. The number of primary amides is 1. The third kappa shape index (κ3) is 4.58. The monoisotopic (exact) mass is 357 g/mol. The smallest absolute Gasteiger partial charge is 0.248 e. The van der Waals surface area contributed by atoms with Gasteiger partial charge in [-0.2, -0.15) is 0 Å². The number of hydrogen-bond acceptors (Lipinski definition) is 4. The van der Waals surface area contributed by atoms with Crippen LogP contribution in [0.25, 0.3) is 0 Å². The van der Waals surface area contributed by atoms with E-state index < -0.39 is 5.91 Å². The number of likely N-dealkylation sites (tertiary alicyclic amines) is 1. The summed E-state index contributed by atoms with van der Waals surface area (Å²) < 4.78 is 19.1. The number of nitrogens with two attached hydrogens (primary N) is 1. The van der Waals surface area contributed by atoms with Gasteiger partial charge < -0.3 is 15.8 Å². The quantitative estimate of drug-likeness (QED) is 0.794. The van der Waals surface area contributed by atoms with Crippen molar-refractivity contribution >= 4 is 17.5 Å². The molecule has 2 aromatic rings. The maximum Gasteiger partial charge on any atom is 0.248 e. The highest BCUT2D eigenvalue weighted by Gasteiger charge is 2.29. The van der Waals surface area contributed by atoms with Gasteiger partial charge in [-0.25, -0.2) is 4.39 Å². The number of rotatable bonds is 7. The third-order valence-corrected chi connectivity index (χ3v) is 4.16. The van der Waals surface area contributed by atoms with E-state index in [4.69, 9.17) is 10.5 Å². The molecule has 0 saturated carbocycles. The second-order valence-electron chi connectivity index (χ2n) is 6.17. The van der Waals surface area contributed by atoms with Crippen LogP contribution in [0.3, 0.4) is 0 Å². The zero-order valence-corrected chi connectivity index (χ0v) is 14.2. The Bertz CT molecular complexity index is 789. The largest absolute Gasteiger partial charge is 0.485 e. The minimum Gasteiger partial charge on any atom is -0.485 e. The van der Waals surface area contributed by atoms with Gasteiger partial charge in [0, 0.05) is 37.3 Å². The van der Waals surface area contributed by atoms with Crippen LogP contribution in [0.2, 0.25) is 0 Å². The molecule has 2 aromatic carbocycles. The minimum atomic E-state index is -0.507. The van der Waals surface area contributed by atoms with Gasteiger partial charge in [-0.3, -0.25) is 14.5 Å². The summed E-state index contributed by atoms with van der Waals surface area (Å²) in [6, 6.07) is 12.7. The number of ether oxygens (including phenoxy) is 1. The van der Waals surface area contributed by atoms with Crippen LogP contribution in [-0.2, 0) is 4.79 Å². The number of para-hydroxylation sites is 1. The molecule has 26 heavy (non-hydrogen) atoms. The second kappa shape index (κ2) is 7.97. The van der Waals surface area contributed by atoms with Crippen LogP contribution in [0.4, 0.5) is 10.1 Å². The van der Waals surface area contributed by atoms with Gasteiger partial charge >= 0.3 is 0 Å². The normalized spacial score (nSPS) is 14.5. The van der Waals surface area contributed by atoms with E-state index in [2.05, 4.69) is 10.2 Å². The molecule has 1 heterocycles. The summed E-state index contributed by atoms with van der Waals surface area (Å²) in [5, 5.41) is 2.77. The fraction of sp³-hybridized carbons (Fsp3) is 0.263. The van der Waals surface area contributed by atoms with Gasteiger partial charge in [-0.05, 0) is 36.4 Å². The van der Waals surface area contributed by atoms with Gasteiger partial charge in [0.2, 0.25) is 11.8 Å². The molecule has 3 rings (SSSR count). The molecule has 1 fully saturated rings. The summed E-state index contributed by atoms with van der Waals surface area (Å²) in [4.78, 5) is 25.1. The SMILES string of the molecule is NC(=O)c1ccc(NC(=O)CCN2CC(Oc3ccccc3F)C2)cc1. The number of halogens is 1. The van der Waals surface area contributed by atoms with E-state index in [-0.39, 0.29) is 23.6 Å². The van der Waals surface area contributed by atoms with E-state index >= 15 is 0 Å². The fourth-order valence-electron chi connectivity index (χ4n) is 2.70. The summed E-state index contributed by atoms with van der Waals surface area (Å²) in [6.45, 7) is 1.92. The lowest BCUT2D eigenvalue weighted by Gasteiger charge is -2.38. The maximum atomic E-state index is 13.5. The summed E-state index contributed by atoms with van der Waals surface area (Å²) >= 11 is 0. The Morgan fingerprint density at radius 2 is 1.85 bits per heavy atom. The van der Waals surface area contributed by atoms with Gasteiger partial charge in [0.15, 0.2) is 11.6 Å². The second-order valence-corrected chi connectivity index (χ2v) is 6.17. The Morgan fingerprint density at radius 1 is 1.15 bits per heavy atom. The van der Waals surface area contributed by atoms with Crippen molar-refractivity contribution in [1.29, 1.82) is 0 Å². The molecule has 0 atom stereocenters. The van der Waals surface area contributed by atoms with Gasteiger partial charge in [0.25, 0.3) is 0 Å². The first-order chi connectivity index (χ1) is 12.5. The van der Waals surface area contributed by atoms with Crippen LogP contribution < -0.4 is 15.8 Å². The van der Waals surface area contributed by atoms with Crippen molar-refractivity contribution in [3.63, 3.8) is 0 Å². The summed E-state index contributed by atoms with van der Waals surface area (Å²) in [7, 11) is 0. The zero-order valence-electron chi connectivity index (χ0n) is 14.2.